The van der Waals surface area contributed by atoms with Crippen molar-refractivity contribution in [2.45, 2.75) is 38.3 Å². The van der Waals surface area contributed by atoms with E-state index in [0.717, 1.165) is 57.6 Å². The third-order valence-corrected chi connectivity index (χ3v) is 6.09. The van der Waals surface area contributed by atoms with Gasteiger partial charge < -0.3 is 15.2 Å². The molecule has 4 rings (SSSR count). The Labute approximate surface area is 171 Å². The van der Waals surface area contributed by atoms with Crippen molar-refractivity contribution in [2.24, 2.45) is 5.92 Å². The number of aromatic nitrogens is 2. The molecule has 2 aromatic rings. The van der Waals surface area contributed by atoms with Gasteiger partial charge in [-0.1, -0.05) is 6.07 Å². The summed E-state index contributed by atoms with van der Waals surface area (Å²) in [4.78, 5) is 36.8. The second-order valence-corrected chi connectivity index (χ2v) is 7.98. The predicted octanol–water partition coefficient (Wildman–Crippen LogP) is 2.04. The van der Waals surface area contributed by atoms with Gasteiger partial charge in [-0.25, -0.2) is 0 Å². The van der Waals surface area contributed by atoms with Crippen molar-refractivity contribution < 1.29 is 9.59 Å². The number of hydrogen-bond acceptors (Lipinski definition) is 4. The number of likely N-dealkylation sites (tertiary alicyclic amines) is 2. The SMILES string of the molecule is O=C(NCc1ccccn1)[C@@H]1CCCN(C2CCN(C(=O)c3ccc[nH]3)CC2)C1. The van der Waals surface area contributed by atoms with Crippen molar-refractivity contribution in [3.05, 3.63) is 54.1 Å². The summed E-state index contributed by atoms with van der Waals surface area (Å²) in [5, 5.41) is 3.05. The van der Waals surface area contributed by atoms with Gasteiger partial charge in [0, 0.05) is 38.1 Å². The molecule has 2 aliphatic rings. The van der Waals surface area contributed by atoms with E-state index >= 15 is 0 Å². The van der Waals surface area contributed by atoms with E-state index in [1.807, 2.05) is 35.2 Å². The van der Waals surface area contributed by atoms with E-state index in [4.69, 9.17) is 0 Å². The third kappa shape index (κ3) is 4.85. The maximum absolute atomic E-state index is 12.7. The van der Waals surface area contributed by atoms with Crippen LogP contribution in [-0.2, 0) is 11.3 Å². The second-order valence-electron chi connectivity index (χ2n) is 7.98. The number of hydrogen-bond donors (Lipinski definition) is 2. The van der Waals surface area contributed by atoms with Crippen molar-refractivity contribution >= 4 is 11.8 Å². The molecule has 2 aliphatic heterocycles. The summed E-state index contributed by atoms with van der Waals surface area (Å²) in [6.07, 6.45) is 7.45. The van der Waals surface area contributed by atoms with Gasteiger partial charge in [-0.05, 0) is 56.5 Å². The molecule has 0 saturated carbocycles. The van der Waals surface area contributed by atoms with E-state index in [-0.39, 0.29) is 17.7 Å². The molecular formula is C22H29N5O2. The first-order chi connectivity index (χ1) is 14.2. The molecule has 7 nitrogen and oxygen atoms in total. The lowest BCUT2D eigenvalue weighted by Crippen LogP contribution is -2.51. The smallest absolute Gasteiger partial charge is 0.270 e. The maximum atomic E-state index is 12.7. The number of nitrogens with zero attached hydrogens (tertiary/aromatic N) is 3. The summed E-state index contributed by atoms with van der Waals surface area (Å²) in [6.45, 7) is 3.88. The van der Waals surface area contributed by atoms with Crippen LogP contribution in [0.1, 0.15) is 41.9 Å². The molecule has 2 aromatic heterocycles. The Bertz CT molecular complexity index is 800. The van der Waals surface area contributed by atoms with Crippen LogP contribution in [0.25, 0.3) is 0 Å². The van der Waals surface area contributed by atoms with E-state index in [2.05, 4.69) is 20.2 Å². The molecule has 29 heavy (non-hydrogen) atoms. The van der Waals surface area contributed by atoms with E-state index < -0.39 is 0 Å². The van der Waals surface area contributed by atoms with Gasteiger partial charge in [0.25, 0.3) is 5.91 Å². The lowest BCUT2D eigenvalue weighted by Gasteiger charge is -2.42. The van der Waals surface area contributed by atoms with Crippen LogP contribution in [0.5, 0.6) is 0 Å². The molecular weight excluding hydrogens is 366 g/mol. The number of piperidine rings is 2. The first kappa shape index (κ1) is 19.6. The maximum Gasteiger partial charge on any atom is 0.270 e. The minimum atomic E-state index is 0.0334. The first-order valence-corrected chi connectivity index (χ1v) is 10.5. The summed E-state index contributed by atoms with van der Waals surface area (Å²) in [6, 6.07) is 9.87. The summed E-state index contributed by atoms with van der Waals surface area (Å²) in [5.41, 5.74) is 1.54. The zero-order valence-corrected chi connectivity index (χ0v) is 16.7. The summed E-state index contributed by atoms with van der Waals surface area (Å²) in [5.74, 6) is 0.240. The quantitative estimate of drug-likeness (QED) is 0.812. The summed E-state index contributed by atoms with van der Waals surface area (Å²) >= 11 is 0. The molecule has 0 aliphatic carbocycles. The monoisotopic (exact) mass is 395 g/mol. The van der Waals surface area contributed by atoms with Crippen LogP contribution in [0.4, 0.5) is 0 Å². The van der Waals surface area contributed by atoms with E-state index in [1.54, 1.807) is 12.4 Å². The first-order valence-electron chi connectivity index (χ1n) is 10.5. The topological polar surface area (TPSA) is 81.3 Å². The number of H-pyrrole nitrogens is 1. The van der Waals surface area contributed by atoms with Gasteiger partial charge in [0.05, 0.1) is 18.2 Å². The average molecular weight is 396 g/mol. The number of aromatic amines is 1. The third-order valence-electron chi connectivity index (χ3n) is 6.09. The Morgan fingerprint density at radius 3 is 2.69 bits per heavy atom. The van der Waals surface area contributed by atoms with E-state index in [1.165, 1.54) is 0 Å². The number of carbonyl (C=O) groups is 2. The van der Waals surface area contributed by atoms with Gasteiger partial charge >= 0.3 is 0 Å². The molecule has 7 heteroatoms. The van der Waals surface area contributed by atoms with E-state index in [0.29, 0.717) is 18.3 Å². The molecule has 0 aromatic carbocycles. The molecule has 2 saturated heterocycles. The number of nitrogens with one attached hydrogen (secondary N) is 2. The molecule has 2 amide bonds. The molecule has 0 bridgehead atoms. The Morgan fingerprint density at radius 1 is 1.10 bits per heavy atom. The fourth-order valence-corrected chi connectivity index (χ4v) is 4.44. The lowest BCUT2D eigenvalue weighted by atomic mass is 9.93. The van der Waals surface area contributed by atoms with Crippen LogP contribution < -0.4 is 5.32 Å². The predicted molar refractivity (Wildman–Crippen MR) is 110 cm³/mol. The normalized spacial score (nSPS) is 21.1. The average Bonchev–Trinajstić information content (AvgIpc) is 3.33. The highest BCUT2D eigenvalue weighted by Gasteiger charge is 2.32. The largest absolute Gasteiger partial charge is 0.357 e. The second kappa shape index (κ2) is 9.22. The number of carbonyl (C=O) groups excluding carboxylic acids is 2. The molecule has 2 fully saturated rings. The number of rotatable bonds is 5. The highest BCUT2D eigenvalue weighted by Crippen LogP contribution is 2.24. The standard InChI is InChI=1S/C22H29N5O2/c28-21(25-15-18-6-1-2-10-23-18)17-5-4-12-27(16-17)19-8-13-26(14-9-19)22(29)20-7-3-11-24-20/h1-3,6-7,10-11,17,19,24H,4-5,8-9,12-16H2,(H,25,28)/t17-/m1/s1. The molecule has 154 valence electrons. The van der Waals surface area contributed by atoms with Crippen LogP contribution in [0.2, 0.25) is 0 Å². The Morgan fingerprint density at radius 2 is 1.97 bits per heavy atom. The Kier molecular flexibility index (Phi) is 6.24. The molecule has 0 radical (unpaired) electrons. The van der Waals surface area contributed by atoms with Crippen molar-refractivity contribution in [3.8, 4) is 0 Å². The van der Waals surface area contributed by atoms with Crippen LogP contribution in [-0.4, -0.2) is 63.8 Å². The van der Waals surface area contributed by atoms with Gasteiger partial charge in [0.1, 0.15) is 5.69 Å². The van der Waals surface area contributed by atoms with Crippen LogP contribution in [0, 0.1) is 5.92 Å². The van der Waals surface area contributed by atoms with Gasteiger partial charge in [-0.2, -0.15) is 0 Å². The fraction of sp³-hybridized carbons (Fsp3) is 0.500. The highest BCUT2D eigenvalue weighted by atomic mass is 16.2. The van der Waals surface area contributed by atoms with Crippen molar-refractivity contribution in [2.75, 3.05) is 26.2 Å². The van der Waals surface area contributed by atoms with Crippen LogP contribution in [0.3, 0.4) is 0 Å². The van der Waals surface area contributed by atoms with Gasteiger partial charge in [-0.15, -0.1) is 0 Å². The van der Waals surface area contributed by atoms with Crippen LogP contribution in [0.15, 0.2) is 42.7 Å². The number of amides is 2. The van der Waals surface area contributed by atoms with Gasteiger partial charge in [-0.3, -0.25) is 19.5 Å². The minimum Gasteiger partial charge on any atom is -0.357 e. The summed E-state index contributed by atoms with van der Waals surface area (Å²) in [7, 11) is 0. The molecule has 1 atom stereocenters. The summed E-state index contributed by atoms with van der Waals surface area (Å²) < 4.78 is 0. The van der Waals surface area contributed by atoms with Crippen molar-refractivity contribution in [1.82, 2.24) is 25.1 Å². The van der Waals surface area contributed by atoms with Gasteiger partial charge in [0.2, 0.25) is 5.91 Å². The molecule has 0 spiro atoms. The zero-order chi connectivity index (χ0) is 20.1. The van der Waals surface area contributed by atoms with E-state index in [9.17, 15) is 9.59 Å². The van der Waals surface area contributed by atoms with Crippen molar-refractivity contribution in [1.29, 1.82) is 0 Å². The fourth-order valence-electron chi connectivity index (χ4n) is 4.44. The zero-order valence-electron chi connectivity index (χ0n) is 16.7. The number of pyridine rings is 1. The minimum absolute atomic E-state index is 0.0334. The molecule has 0 unspecified atom stereocenters. The van der Waals surface area contributed by atoms with Gasteiger partial charge in [0.15, 0.2) is 0 Å². The van der Waals surface area contributed by atoms with Crippen molar-refractivity contribution in [3.63, 3.8) is 0 Å². The molecule has 4 heterocycles. The Hall–Kier alpha value is -2.67. The lowest BCUT2D eigenvalue weighted by molar-refractivity contribution is -0.127. The highest BCUT2D eigenvalue weighted by molar-refractivity contribution is 5.92. The van der Waals surface area contributed by atoms with Crippen LogP contribution >= 0.6 is 0 Å². The Balaban J connectivity index is 1.25. The molecule has 2 N–H and O–H groups in total.